The number of thiazole rings is 1. The summed E-state index contributed by atoms with van der Waals surface area (Å²) in [6.07, 6.45) is 6.78. The Bertz CT molecular complexity index is 964. The standard InChI is InChI=1S/C19H15N3O2S/c1-24-15-5-6-16-12(10-15)3-4-13(17(16)23)9-14-11-25-19(22-14)18-20-7-2-8-21-18/h2,5-11H,3-4H2,1H3. The SMILES string of the molecule is COc1ccc2c(c1)CCC(=Cc1csc(-c3ncccn3)n1)C2=O. The van der Waals surface area contributed by atoms with Crippen LogP contribution >= 0.6 is 11.3 Å². The molecule has 124 valence electrons. The van der Waals surface area contributed by atoms with Crippen LogP contribution in [0.15, 0.2) is 47.6 Å². The van der Waals surface area contributed by atoms with Crippen LogP contribution in [0, 0.1) is 0 Å². The van der Waals surface area contributed by atoms with Crippen LogP contribution in [0.2, 0.25) is 0 Å². The fourth-order valence-corrected chi connectivity index (χ4v) is 3.58. The summed E-state index contributed by atoms with van der Waals surface area (Å²) in [4.78, 5) is 25.7. The van der Waals surface area contributed by atoms with Gasteiger partial charge in [0.05, 0.1) is 12.8 Å². The minimum Gasteiger partial charge on any atom is -0.497 e. The van der Waals surface area contributed by atoms with Crippen LogP contribution in [0.1, 0.15) is 28.0 Å². The van der Waals surface area contributed by atoms with Gasteiger partial charge in [-0.1, -0.05) is 0 Å². The van der Waals surface area contributed by atoms with Crippen molar-refractivity contribution in [1.82, 2.24) is 15.0 Å². The van der Waals surface area contributed by atoms with E-state index in [1.165, 1.54) is 11.3 Å². The topological polar surface area (TPSA) is 65.0 Å². The third-order valence-electron chi connectivity index (χ3n) is 4.11. The molecule has 0 bridgehead atoms. The number of ether oxygens (including phenoxy) is 1. The molecule has 3 aromatic rings. The fraction of sp³-hybridized carbons (Fsp3) is 0.158. The highest BCUT2D eigenvalue weighted by atomic mass is 32.1. The Morgan fingerprint density at radius 2 is 2.04 bits per heavy atom. The van der Waals surface area contributed by atoms with Crippen LogP contribution in [-0.4, -0.2) is 27.8 Å². The number of nitrogens with zero attached hydrogens (tertiary/aromatic N) is 3. The predicted molar refractivity (Wildman–Crippen MR) is 96.8 cm³/mol. The van der Waals surface area contributed by atoms with Crippen molar-refractivity contribution in [3.05, 3.63) is 64.4 Å². The largest absolute Gasteiger partial charge is 0.497 e. The molecule has 0 atom stereocenters. The predicted octanol–water partition coefficient (Wildman–Crippen LogP) is 3.82. The zero-order valence-corrected chi connectivity index (χ0v) is 14.4. The summed E-state index contributed by atoms with van der Waals surface area (Å²) in [5.41, 5.74) is 3.34. The minimum absolute atomic E-state index is 0.0643. The molecule has 1 aliphatic rings. The first kappa shape index (κ1) is 15.7. The van der Waals surface area contributed by atoms with E-state index in [1.807, 2.05) is 29.7 Å². The molecule has 6 heteroatoms. The van der Waals surface area contributed by atoms with Crippen molar-refractivity contribution in [2.45, 2.75) is 12.8 Å². The molecule has 0 saturated carbocycles. The Hall–Kier alpha value is -2.86. The van der Waals surface area contributed by atoms with Gasteiger partial charge >= 0.3 is 0 Å². The maximum atomic E-state index is 12.7. The lowest BCUT2D eigenvalue weighted by Crippen LogP contribution is -2.14. The van der Waals surface area contributed by atoms with Crippen molar-refractivity contribution in [3.63, 3.8) is 0 Å². The van der Waals surface area contributed by atoms with Gasteiger partial charge in [-0.2, -0.15) is 0 Å². The normalized spacial score (nSPS) is 15.2. The van der Waals surface area contributed by atoms with Crippen LogP contribution in [0.3, 0.4) is 0 Å². The molecule has 1 aromatic carbocycles. The van der Waals surface area contributed by atoms with Gasteiger partial charge in [-0.15, -0.1) is 11.3 Å². The van der Waals surface area contributed by atoms with Gasteiger partial charge in [0.2, 0.25) is 0 Å². The van der Waals surface area contributed by atoms with Crippen molar-refractivity contribution < 1.29 is 9.53 Å². The summed E-state index contributed by atoms with van der Waals surface area (Å²) in [7, 11) is 1.63. The molecule has 0 spiro atoms. The quantitative estimate of drug-likeness (QED) is 0.673. The number of carbonyl (C=O) groups is 1. The van der Waals surface area contributed by atoms with Crippen LogP contribution < -0.4 is 4.74 Å². The van der Waals surface area contributed by atoms with E-state index in [2.05, 4.69) is 15.0 Å². The molecule has 0 fully saturated rings. The molecule has 2 heterocycles. The molecule has 0 N–H and O–H groups in total. The second-order valence-electron chi connectivity index (χ2n) is 5.67. The van der Waals surface area contributed by atoms with Gasteiger partial charge in [0, 0.05) is 28.9 Å². The molecule has 2 aromatic heterocycles. The van der Waals surface area contributed by atoms with Gasteiger partial charge in [0.25, 0.3) is 0 Å². The van der Waals surface area contributed by atoms with Crippen LogP contribution in [0.5, 0.6) is 5.75 Å². The number of fused-ring (bicyclic) bond motifs is 1. The van der Waals surface area contributed by atoms with Crippen molar-refractivity contribution in [2.75, 3.05) is 7.11 Å². The number of hydrogen-bond donors (Lipinski definition) is 0. The van der Waals surface area contributed by atoms with E-state index in [4.69, 9.17) is 4.74 Å². The van der Waals surface area contributed by atoms with E-state index in [0.717, 1.165) is 39.6 Å². The molecule has 1 aliphatic carbocycles. The van der Waals surface area contributed by atoms with Gasteiger partial charge in [-0.05, 0) is 48.7 Å². The molecule has 0 aliphatic heterocycles. The van der Waals surface area contributed by atoms with E-state index >= 15 is 0 Å². The second-order valence-corrected chi connectivity index (χ2v) is 6.53. The molecule has 25 heavy (non-hydrogen) atoms. The van der Waals surface area contributed by atoms with Crippen LogP contribution in [0.25, 0.3) is 16.9 Å². The number of aryl methyl sites for hydroxylation is 1. The lowest BCUT2D eigenvalue weighted by Gasteiger charge is -2.18. The highest BCUT2D eigenvalue weighted by molar-refractivity contribution is 7.13. The van der Waals surface area contributed by atoms with E-state index in [0.29, 0.717) is 12.2 Å². The number of rotatable bonds is 3. The number of methoxy groups -OCH3 is 1. The van der Waals surface area contributed by atoms with Crippen LogP contribution in [0.4, 0.5) is 0 Å². The summed E-state index contributed by atoms with van der Waals surface area (Å²) in [6.45, 7) is 0. The Balaban J connectivity index is 1.62. The summed E-state index contributed by atoms with van der Waals surface area (Å²) in [5.74, 6) is 1.45. The van der Waals surface area contributed by atoms with Crippen molar-refractivity contribution in [3.8, 4) is 16.6 Å². The third kappa shape index (κ3) is 3.08. The van der Waals surface area contributed by atoms with Gasteiger partial charge in [0.1, 0.15) is 5.75 Å². The Morgan fingerprint density at radius 3 is 2.84 bits per heavy atom. The van der Waals surface area contributed by atoms with E-state index < -0.39 is 0 Å². The van der Waals surface area contributed by atoms with Gasteiger partial charge < -0.3 is 4.74 Å². The number of ketones is 1. The number of benzene rings is 1. The Kier molecular flexibility index (Phi) is 4.11. The van der Waals surface area contributed by atoms with E-state index in [1.54, 1.807) is 25.6 Å². The first-order valence-corrected chi connectivity index (χ1v) is 8.77. The molecule has 0 radical (unpaired) electrons. The smallest absolute Gasteiger partial charge is 0.189 e. The zero-order chi connectivity index (χ0) is 17.2. The first-order chi connectivity index (χ1) is 12.2. The zero-order valence-electron chi connectivity index (χ0n) is 13.6. The number of aromatic nitrogens is 3. The lowest BCUT2D eigenvalue weighted by molar-refractivity contribution is 0.102. The van der Waals surface area contributed by atoms with Crippen molar-refractivity contribution in [2.24, 2.45) is 0 Å². The summed E-state index contributed by atoms with van der Waals surface area (Å²) < 4.78 is 5.24. The molecule has 5 nitrogen and oxygen atoms in total. The summed E-state index contributed by atoms with van der Waals surface area (Å²) >= 11 is 1.47. The van der Waals surface area contributed by atoms with Gasteiger partial charge in [-0.3, -0.25) is 4.79 Å². The van der Waals surface area contributed by atoms with E-state index in [9.17, 15) is 4.79 Å². The van der Waals surface area contributed by atoms with Crippen molar-refractivity contribution in [1.29, 1.82) is 0 Å². The minimum atomic E-state index is 0.0643. The Morgan fingerprint density at radius 1 is 1.20 bits per heavy atom. The molecule has 0 amide bonds. The van der Waals surface area contributed by atoms with Gasteiger partial charge in [0.15, 0.2) is 16.6 Å². The van der Waals surface area contributed by atoms with Gasteiger partial charge in [-0.25, -0.2) is 15.0 Å². The summed E-state index contributed by atoms with van der Waals surface area (Å²) in [5, 5.41) is 2.68. The van der Waals surface area contributed by atoms with E-state index in [-0.39, 0.29) is 5.78 Å². The molecule has 0 saturated heterocycles. The maximum Gasteiger partial charge on any atom is 0.189 e. The molecule has 0 unspecified atom stereocenters. The average Bonchev–Trinajstić information content (AvgIpc) is 3.13. The van der Waals surface area contributed by atoms with Crippen molar-refractivity contribution >= 4 is 23.2 Å². The number of allylic oxidation sites excluding steroid dienone is 1. The monoisotopic (exact) mass is 349 g/mol. The first-order valence-electron chi connectivity index (χ1n) is 7.89. The molecular weight excluding hydrogens is 334 g/mol. The number of carbonyl (C=O) groups excluding carboxylic acids is 1. The number of Topliss-reactive ketones (excluding diaryl/α,β-unsaturated/α-hetero) is 1. The second kappa shape index (κ2) is 6.57. The maximum absolute atomic E-state index is 12.7. The molecule has 4 rings (SSSR count). The highest BCUT2D eigenvalue weighted by Crippen LogP contribution is 2.30. The lowest BCUT2D eigenvalue weighted by atomic mass is 9.86. The molecular formula is C19H15N3O2S. The van der Waals surface area contributed by atoms with Crippen LogP contribution in [-0.2, 0) is 6.42 Å². The Labute approximate surface area is 149 Å². The summed E-state index contributed by atoms with van der Waals surface area (Å²) in [6, 6.07) is 7.38. The number of hydrogen-bond acceptors (Lipinski definition) is 6. The average molecular weight is 349 g/mol. The third-order valence-corrected chi connectivity index (χ3v) is 4.97. The fourth-order valence-electron chi connectivity index (χ4n) is 2.86. The highest BCUT2D eigenvalue weighted by Gasteiger charge is 2.22.